The van der Waals surface area contributed by atoms with Gasteiger partial charge in [0.15, 0.2) is 0 Å². The van der Waals surface area contributed by atoms with E-state index in [1.54, 1.807) is 11.3 Å². The first-order valence-corrected chi connectivity index (χ1v) is 3.66. The molecule has 0 aromatic heterocycles. The minimum atomic E-state index is 0.280. The van der Waals surface area contributed by atoms with Gasteiger partial charge in [0.1, 0.15) is 6.34 Å². The van der Waals surface area contributed by atoms with Crippen LogP contribution in [0.15, 0.2) is 5.10 Å². The molecule has 1 unspecified atom stereocenters. The minimum absolute atomic E-state index is 0.280. The normalized spacial score (nSPS) is 13.8. The van der Waals surface area contributed by atoms with Crippen LogP contribution in [0.2, 0.25) is 0 Å². The predicted molar refractivity (Wildman–Crippen MR) is 43.7 cm³/mol. The highest BCUT2D eigenvalue weighted by Gasteiger charge is 1.96. The Labute approximate surface area is 64.2 Å². The molecule has 0 fully saturated rings. The van der Waals surface area contributed by atoms with E-state index >= 15 is 0 Å². The van der Waals surface area contributed by atoms with Crippen LogP contribution in [-0.4, -0.2) is 30.4 Å². The highest BCUT2D eigenvalue weighted by atomic mass is 79.9. The Balaban J connectivity index is 3.48. The fourth-order valence-electron chi connectivity index (χ4n) is 0.241. The summed E-state index contributed by atoms with van der Waals surface area (Å²) >= 11 is 3.35. The quantitative estimate of drug-likeness (QED) is 0.237. The van der Waals surface area contributed by atoms with Crippen molar-refractivity contribution in [1.82, 2.24) is 10.3 Å². The molecule has 0 bridgehead atoms. The SMILES string of the molecule is CN/C=N\N(C)C(C)Br. The summed E-state index contributed by atoms with van der Waals surface area (Å²) in [5.41, 5.74) is 0. The summed E-state index contributed by atoms with van der Waals surface area (Å²) in [5, 5.41) is 8.59. The lowest BCUT2D eigenvalue weighted by atomic mass is 10.7. The first kappa shape index (κ1) is 8.75. The van der Waals surface area contributed by atoms with E-state index in [9.17, 15) is 0 Å². The largest absolute Gasteiger partial charge is 0.378 e. The molecule has 0 aromatic rings. The second-order valence-corrected chi connectivity index (χ2v) is 3.01. The summed E-state index contributed by atoms with van der Waals surface area (Å²) in [4.78, 5) is 0.280. The van der Waals surface area contributed by atoms with Crippen molar-refractivity contribution in [2.24, 2.45) is 5.10 Å². The van der Waals surface area contributed by atoms with Crippen LogP contribution in [-0.2, 0) is 0 Å². The fourth-order valence-corrected chi connectivity index (χ4v) is 0.346. The second kappa shape index (κ2) is 4.61. The minimum Gasteiger partial charge on any atom is -0.378 e. The molecule has 1 N–H and O–H groups in total. The lowest BCUT2D eigenvalue weighted by Gasteiger charge is -2.14. The number of hydrogen-bond donors (Lipinski definition) is 1. The third-order valence-corrected chi connectivity index (χ3v) is 1.48. The van der Waals surface area contributed by atoms with Crippen molar-refractivity contribution >= 4 is 22.3 Å². The maximum atomic E-state index is 3.99. The molecule has 3 nitrogen and oxygen atoms in total. The molecule has 0 saturated heterocycles. The van der Waals surface area contributed by atoms with E-state index in [4.69, 9.17) is 0 Å². The van der Waals surface area contributed by atoms with Gasteiger partial charge in [-0.3, -0.25) is 5.01 Å². The van der Waals surface area contributed by atoms with Gasteiger partial charge in [0.05, 0.1) is 4.95 Å². The van der Waals surface area contributed by atoms with E-state index in [-0.39, 0.29) is 4.95 Å². The molecule has 4 heteroatoms. The Bertz CT molecular complexity index is 92.2. The number of halogens is 1. The molecule has 1 atom stereocenters. The average Bonchev–Trinajstić information content (AvgIpc) is 1.82. The molecule has 0 aliphatic rings. The molecule has 0 heterocycles. The van der Waals surface area contributed by atoms with Crippen molar-refractivity contribution in [3.05, 3.63) is 0 Å². The number of rotatable bonds is 3. The summed E-state index contributed by atoms with van der Waals surface area (Å²) in [7, 11) is 3.71. The fraction of sp³-hybridized carbons (Fsp3) is 0.800. The van der Waals surface area contributed by atoms with E-state index in [0.29, 0.717) is 0 Å². The molecule has 0 amide bonds. The van der Waals surface area contributed by atoms with Crippen LogP contribution in [0.4, 0.5) is 0 Å². The summed E-state index contributed by atoms with van der Waals surface area (Å²) in [6.07, 6.45) is 1.64. The van der Waals surface area contributed by atoms with E-state index in [0.717, 1.165) is 0 Å². The van der Waals surface area contributed by atoms with Gasteiger partial charge in [-0.15, -0.1) is 0 Å². The van der Waals surface area contributed by atoms with Gasteiger partial charge in [0.2, 0.25) is 0 Å². The zero-order valence-corrected chi connectivity index (χ0v) is 7.51. The Kier molecular flexibility index (Phi) is 4.48. The molecule has 0 aliphatic heterocycles. The van der Waals surface area contributed by atoms with Crippen LogP contribution >= 0.6 is 15.9 Å². The molecule has 0 radical (unpaired) electrons. The number of hydrazone groups is 1. The third kappa shape index (κ3) is 4.27. The Morgan fingerprint density at radius 1 is 1.78 bits per heavy atom. The molecule has 9 heavy (non-hydrogen) atoms. The van der Waals surface area contributed by atoms with Crippen LogP contribution < -0.4 is 5.32 Å². The number of nitrogens with zero attached hydrogens (tertiary/aromatic N) is 2. The van der Waals surface area contributed by atoms with Crippen LogP contribution in [0.3, 0.4) is 0 Å². The van der Waals surface area contributed by atoms with Crippen LogP contribution in [0.25, 0.3) is 0 Å². The monoisotopic (exact) mass is 193 g/mol. The number of hydrogen-bond acceptors (Lipinski definition) is 2. The van der Waals surface area contributed by atoms with Gasteiger partial charge in [-0.05, 0) is 6.92 Å². The summed E-state index contributed by atoms with van der Waals surface area (Å²) in [6, 6.07) is 0. The standard InChI is InChI=1S/C5H12BrN3/c1-5(6)9(3)8-4-7-2/h4-5H,1-3H3,(H,7,8). The lowest BCUT2D eigenvalue weighted by molar-refractivity contribution is 0.354. The molecule has 0 rings (SSSR count). The van der Waals surface area contributed by atoms with Crippen molar-refractivity contribution in [2.45, 2.75) is 11.9 Å². The molecule has 0 aromatic carbocycles. The van der Waals surface area contributed by atoms with E-state index in [1.807, 2.05) is 21.0 Å². The first-order chi connectivity index (χ1) is 4.18. The van der Waals surface area contributed by atoms with Crippen molar-refractivity contribution in [2.75, 3.05) is 14.1 Å². The van der Waals surface area contributed by atoms with Crippen molar-refractivity contribution < 1.29 is 0 Å². The van der Waals surface area contributed by atoms with Gasteiger partial charge in [-0.25, -0.2) is 0 Å². The zero-order valence-electron chi connectivity index (χ0n) is 5.93. The van der Waals surface area contributed by atoms with Crippen LogP contribution in [0.5, 0.6) is 0 Å². The van der Waals surface area contributed by atoms with Gasteiger partial charge in [-0.2, -0.15) is 5.10 Å². The molecule has 0 aliphatic carbocycles. The summed E-state index contributed by atoms with van der Waals surface area (Å²) in [5.74, 6) is 0. The number of nitrogens with one attached hydrogen (secondary N) is 1. The molecular weight excluding hydrogens is 182 g/mol. The predicted octanol–water partition coefficient (Wildman–Crippen LogP) is 0.822. The Morgan fingerprint density at radius 3 is 2.67 bits per heavy atom. The summed E-state index contributed by atoms with van der Waals surface area (Å²) < 4.78 is 0. The Hall–Kier alpha value is -0.250. The maximum absolute atomic E-state index is 3.99. The lowest BCUT2D eigenvalue weighted by Crippen LogP contribution is -2.19. The molecule has 54 valence electrons. The number of alkyl halides is 1. The summed E-state index contributed by atoms with van der Waals surface area (Å²) in [6.45, 7) is 2.01. The molecular formula is C5H12BrN3. The highest BCUT2D eigenvalue weighted by molar-refractivity contribution is 9.09. The van der Waals surface area contributed by atoms with Gasteiger partial charge in [-0.1, -0.05) is 15.9 Å². The first-order valence-electron chi connectivity index (χ1n) is 2.75. The van der Waals surface area contributed by atoms with Crippen LogP contribution in [0, 0.1) is 0 Å². The maximum Gasteiger partial charge on any atom is 0.108 e. The molecule has 0 saturated carbocycles. The van der Waals surface area contributed by atoms with Crippen LogP contribution in [0.1, 0.15) is 6.92 Å². The van der Waals surface area contributed by atoms with Gasteiger partial charge >= 0.3 is 0 Å². The topological polar surface area (TPSA) is 27.6 Å². The zero-order chi connectivity index (χ0) is 7.28. The Morgan fingerprint density at radius 2 is 2.33 bits per heavy atom. The van der Waals surface area contributed by atoms with Crippen molar-refractivity contribution in [3.8, 4) is 0 Å². The third-order valence-electron chi connectivity index (χ3n) is 0.884. The van der Waals surface area contributed by atoms with Crippen molar-refractivity contribution in [3.63, 3.8) is 0 Å². The van der Waals surface area contributed by atoms with Crippen molar-refractivity contribution in [1.29, 1.82) is 0 Å². The van der Waals surface area contributed by atoms with E-state index in [2.05, 4.69) is 26.3 Å². The molecule has 0 spiro atoms. The highest BCUT2D eigenvalue weighted by Crippen LogP contribution is 2.01. The smallest absolute Gasteiger partial charge is 0.108 e. The van der Waals surface area contributed by atoms with E-state index < -0.39 is 0 Å². The second-order valence-electron chi connectivity index (χ2n) is 1.68. The average molecular weight is 194 g/mol. The van der Waals surface area contributed by atoms with E-state index in [1.165, 1.54) is 0 Å². The van der Waals surface area contributed by atoms with Gasteiger partial charge in [0, 0.05) is 14.1 Å². The van der Waals surface area contributed by atoms with Gasteiger partial charge < -0.3 is 5.32 Å². The van der Waals surface area contributed by atoms with Gasteiger partial charge in [0.25, 0.3) is 0 Å².